The number of nitrogens with zero attached hydrogens (tertiary/aromatic N) is 2. The van der Waals surface area contributed by atoms with Gasteiger partial charge >= 0.3 is 0 Å². The van der Waals surface area contributed by atoms with Gasteiger partial charge in [0.15, 0.2) is 4.96 Å². The van der Waals surface area contributed by atoms with Crippen LogP contribution in [0.5, 0.6) is 0 Å². The van der Waals surface area contributed by atoms with Crippen molar-refractivity contribution >= 4 is 39.0 Å². The first-order valence-corrected chi connectivity index (χ1v) is 8.39. The normalized spacial score (nSPS) is 13.7. The van der Waals surface area contributed by atoms with E-state index in [9.17, 15) is 0 Å². The Hall–Kier alpha value is -2.65. The number of fused-ring (bicyclic) bond motifs is 3. The van der Waals surface area contributed by atoms with Crippen LogP contribution < -0.4 is 9.88 Å². The second-order valence-corrected chi connectivity index (χ2v) is 6.28. The molecule has 2 nitrogen and oxygen atoms in total. The molecule has 2 heterocycles. The number of benzene rings is 2. The summed E-state index contributed by atoms with van der Waals surface area (Å²) in [6.07, 6.45) is 4.09. The zero-order chi connectivity index (χ0) is 15.8. The zero-order valence-corrected chi connectivity index (χ0v) is 13.7. The van der Waals surface area contributed by atoms with E-state index < -0.39 is 0 Å². The molecule has 23 heavy (non-hydrogen) atoms. The molecule has 112 valence electrons. The maximum atomic E-state index is 4.77. The Kier molecular flexibility index (Phi) is 3.36. The molecule has 0 saturated carbocycles. The SMILES string of the molecule is C=C/C(c1ccccc1)=c1/sc2nc3ccccc3n2/c1=C/C. The molecule has 4 aromatic rings. The van der Waals surface area contributed by atoms with Gasteiger partial charge in [-0.25, -0.2) is 4.98 Å². The molecule has 0 aliphatic heterocycles. The van der Waals surface area contributed by atoms with Crippen LogP contribution in [0.2, 0.25) is 0 Å². The summed E-state index contributed by atoms with van der Waals surface area (Å²) in [7, 11) is 0. The van der Waals surface area contributed by atoms with Crippen molar-refractivity contribution in [1.82, 2.24) is 9.38 Å². The van der Waals surface area contributed by atoms with Gasteiger partial charge in [0, 0.05) is 5.57 Å². The molecule has 0 N–H and O–H groups in total. The highest BCUT2D eigenvalue weighted by Crippen LogP contribution is 2.18. The molecule has 3 heteroatoms. The highest BCUT2D eigenvalue weighted by Gasteiger charge is 2.10. The van der Waals surface area contributed by atoms with Crippen molar-refractivity contribution in [1.29, 1.82) is 0 Å². The fourth-order valence-corrected chi connectivity index (χ4v) is 4.20. The fourth-order valence-electron chi connectivity index (χ4n) is 2.96. The van der Waals surface area contributed by atoms with Gasteiger partial charge in [-0.05, 0) is 24.6 Å². The van der Waals surface area contributed by atoms with Gasteiger partial charge < -0.3 is 0 Å². The highest BCUT2D eigenvalue weighted by atomic mass is 32.1. The molecule has 2 aromatic carbocycles. The number of para-hydroxylation sites is 2. The molecule has 0 bridgehead atoms. The highest BCUT2D eigenvalue weighted by molar-refractivity contribution is 7.15. The van der Waals surface area contributed by atoms with Gasteiger partial charge in [-0.1, -0.05) is 72.5 Å². The van der Waals surface area contributed by atoms with E-state index in [1.165, 1.54) is 15.4 Å². The Labute approximate surface area is 138 Å². The summed E-state index contributed by atoms with van der Waals surface area (Å²) >= 11 is 1.71. The van der Waals surface area contributed by atoms with Gasteiger partial charge in [-0.2, -0.15) is 0 Å². The summed E-state index contributed by atoms with van der Waals surface area (Å²) < 4.78 is 3.45. The van der Waals surface area contributed by atoms with Crippen molar-refractivity contribution in [3.8, 4) is 0 Å². The maximum absolute atomic E-state index is 4.77. The Morgan fingerprint density at radius 1 is 1.09 bits per heavy atom. The first-order chi connectivity index (χ1) is 11.3. The van der Waals surface area contributed by atoms with E-state index in [2.05, 4.69) is 66.4 Å². The molecule has 0 atom stereocenters. The number of thiazole rings is 1. The summed E-state index contributed by atoms with van der Waals surface area (Å²) in [5, 5.41) is 1.18. The Morgan fingerprint density at radius 2 is 1.83 bits per heavy atom. The first-order valence-electron chi connectivity index (χ1n) is 7.58. The summed E-state index contributed by atoms with van der Waals surface area (Å²) in [5.74, 6) is 0. The van der Waals surface area contributed by atoms with Crippen molar-refractivity contribution in [3.05, 3.63) is 82.7 Å². The third-order valence-corrected chi connectivity index (χ3v) is 5.09. The van der Waals surface area contributed by atoms with Crippen LogP contribution in [0.25, 0.3) is 27.6 Å². The van der Waals surface area contributed by atoms with Gasteiger partial charge in [0.2, 0.25) is 0 Å². The third-order valence-electron chi connectivity index (χ3n) is 4.00. The van der Waals surface area contributed by atoms with Crippen LogP contribution in [0, 0.1) is 0 Å². The average molecular weight is 316 g/mol. The number of allylic oxidation sites excluding steroid dienone is 1. The Balaban J connectivity index is 2.20. The predicted molar refractivity (Wildman–Crippen MR) is 99.1 cm³/mol. The predicted octanol–water partition coefficient (Wildman–Crippen LogP) is 3.73. The summed E-state index contributed by atoms with van der Waals surface area (Å²) in [4.78, 5) is 5.79. The van der Waals surface area contributed by atoms with Crippen molar-refractivity contribution in [3.63, 3.8) is 0 Å². The molecule has 0 aliphatic carbocycles. The first kappa shape index (κ1) is 14.0. The van der Waals surface area contributed by atoms with E-state index in [4.69, 9.17) is 4.98 Å². The van der Waals surface area contributed by atoms with Crippen LogP contribution in [0.4, 0.5) is 0 Å². The monoisotopic (exact) mass is 316 g/mol. The molecular weight excluding hydrogens is 300 g/mol. The van der Waals surface area contributed by atoms with E-state index in [0.717, 1.165) is 21.6 Å². The molecule has 0 saturated heterocycles. The largest absolute Gasteiger partial charge is 0.283 e. The van der Waals surface area contributed by atoms with E-state index in [1.807, 2.05) is 18.2 Å². The molecule has 4 rings (SSSR count). The van der Waals surface area contributed by atoms with Gasteiger partial charge in [-0.15, -0.1) is 0 Å². The lowest BCUT2D eigenvalue weighted by Crippen LogP contribution is -2.26. The molecular formula is C20H16N2S. The minimum absolute atomic E-state index is 1.02. The minimum Gasteiger partial charge on any atom is -0.283 e. The average Bonchev–Trinajstić information content (AvgIpc) is 3.12. The summed E-state index contributed by atoms with van der Waals surface area (Å²) in [6.45, 7) is 6.11. The number of hydrogen-bond acceptors (Lipinski definition) is 2. The lowest BCUT2D eigenvalue weighted by Gasteiger charge is -2.00. The van der Waals surface area contributed by atoms with Gasteiger partial charge in [0.1, 0.15) is 0 Å². The smallest absolute Gasteiger partial charge is 0.195 e. The molecule has 0 unspecified atom stereocenters. The molecule has 0 spiro atoms. The van der Waals surface area contributed by atoms with Crippen LogP contribution in [0.1, 0.15) is 12.5 Å². The lowest BCUT2D eigenvalue weighted by atomic mass is 10.1. The van der Waals surface area contributed by atoms with Crippen molar-refractivity contribution in [2.45, 2.75) is 6.92 Å². The molecule has 2 aromatic heterocycles. The zero-order valence-electron chi connectivity index (χ0n) is 12.9. The lowest BCUT2D eigenvalue weighted by molar-refractivity contribution is 1.19. The Morgan fingerprint density at radius 3 is 2.57 bits per heavy atom. The number of imidazole rings is 1. The van der Waals surface area contributed by atoms with Crippen LogP contribution in [0.3, 0.4) is 0 Å². The van der Waals surface area contributed by atoms with Crippen molar-refractivity contribution in [2.24, 2.45) is 0 Å². The maximum Gasteiger partial charge on any atom is 0.195 e. The Bertz CT molecular complexity index is 1130. The van der Waals surface area contributed by atoms with Crippen molar-refractivity contribution in [2.75, 3.05) is 0 Å². The van der Waals surface area contributed by atoms with Crippen LogP contribution in [0.15, 0.2) is 67.3 Å². The van der Waals surface area contributed by atoms with Crippen LogP contribution >= 0.6 is 11.3 Å². The summed E-state index contributed by atoms with van der Waals surface area (Å²) in [5.41, 5.74) is 4.51. The van der Waals surface area contributed by atoms with E-state index in [1.54, 1.807) is 11.3 Å². The molecule has 0 fully saturated rings. The summed E-state index contributed by atoms with van der Waals surface area (Å²) in [6, 6.07) is 18.7. The second kappa shape index (κ2) is 5.52. The quantitative estimate of drug-likeness (QED) is 0.551. The topological polar surface area (TPSA) is 17.3 Å². The number of hydrogen-bond donors (Lipinski definition) is 0. The number of rotatable bonds is 2. The molecule has 0 aliphatic rings. The minimum atomic E-state index is 1.02. The van der Waals surface area contributed by atoms with E-state index >= 15 is 0 Å². The van der Waals surface area contributed by atoms with Gasteiger partial charge in [0.25, 0.3) is 0 Å². The third kappa shape index (κ3) is 2.13. The van der Waals surface area contributed by atoms with Crippen LogP contribution in [-0.2, 0) is 0 Å². The van der Waals surface area contributed by atoms with Crippen LogP contribution in [-0.4, -0.2) is 9.38 Å². The van der Waals surface area contributed by atoms with E-state index in [-0.39, 0.29) is 0 Å². The van der Waals surface area contributed by atoms with Crippen molar-refractivity contribution < 1.29 is 0 Å². The number of aromatic nitrogens is 2. The molecule has 0 amide bonds. The van der Waals surface area contributed by atoms with Gasteiger partial charge in [0.05, 0.1) is 20.9 Å². The second-order valence-electron chi connectivity index (χ2n) is 5.31. The van der Waals surface area contributed by atoms with Gasteiger partial charge in [-0.3, -0.25) is 4.40 Å². The standard InChI is InChI=1S/C20H16N2S/c1-3-15(14-10-6-5-7-11-14)19-17(4-2)22-18-13-9-8-12-16(18)21-20(22)23-19/h3-13H,1H2,2H3/b17-4+,19-15-. The van der Waals surface area contributed by atoms with E-state index in [0.29, 0.717) is 0 Å². The fraction of sp³-hybridized carbons (Fsp3) is 0.0500. The molecule has 0 radical (unpaired) electrons.